The van der Waals surface area contributed by atoms with Crippen LogP contribution in [0.2, 0.25) is 0 Å². The van der Waals surface area contributed by atoms with Crippen LogP contribution in [0.1, 0.15) is 34.0 Å². The Morgan fingerprint density at radius 3 is 2.65 bits per heavy atom. The van der Waals surface area contributed by atoms with E-state index in [1.54, 1.807) is 32.2 Å². The minimum atomic E-state index is -0.914. The molecule has 0 amide bonds. The molecular weight excluding hydrogens is 218 g/mol. The van der Waals surface area contributed by atoms with E-state index < -0.39 is 12.2 Å². The number of hydrogen-bond acceptors (Lipinski definition) is 4. The topological polar surface area (TPSA) is 69.6 Å². The van der Waals surface area contributed by atoms with Crippen LogP contribution >= 0.6 is 0 Å². The monoisotopic (exact) mass is 237 g/mol. The van der Waals surface area contributed by atoms with Gasteiger partial charge in [0.05, 0.1) is 6.10 Å². The number of aryl methyl sites for hydroxylation is 1. The van der Waals surface area contributed by atoms with Crippen LogP contribution in [0.25, 0.3) is 0 Å². The van der Waals surface area contributed by atoms with Crippen molar-refractivity contribution in [1.82, 2.24) is 5.32 Å². The third-order valence-corrected chi connectivity index (χ3v) is 2.82. The lowest BCUT2D eigenvalue weighted by atomic mass is 9.98. The molecule has 3 N–H and O–H groups in total. The summed E-state index contributed by atoms with van der Waals surface area (Å²) in [7, 11) is 1.79. The average molecular weight is 237 g/mol. The summed E-state index contributed by atoms with van der Waals surface area (Å²) in [6.07, 6.45) is -0.457. The highest BCUT2D eigenvalue weighted by Crippen LogP contribution is 2.21. The largest absolute Gasteiger partial charge is 0.390 e. The Morgan fingerprint density at radius 2 is 2.12 bits per heavy atom. The van der Waals surface area contributed by atoms with Crippen molar-refractivity contribution in [3.8, 4) is 0 Å². The summed E-state index contributed by atoms with van der Waals surface area (Å²) >= 11 is 0. The van der Waals surface area contributed by atoms with Crippen molar-refractivity contribution in [2.45, 2.75) is 25.6 Å². The number of rotatable bonds is 6. The maximum atomic E-state index is 10.7. The zero-order chi connectivity index (χ0) is 12.8. The summed E-state index contributed by atoms with van der Waals surface area (Å²) in [5.74, 6) is 0. The summed E-state index contributed by atoms with van der Waals surface area (Å²) < 4.78 is 0. The average Bonchev–Trinajstić information content (AvgIpc) is 2.34. The molecule has 0 bridgehead atoms. The second-order valence-corrected chi connectivity index (χ2v) is 4.14. The van der Waals surface area contributed by atoms with E-state index >= 15 is 0 Å². The Balaban J connectivity index is 2.78. The quantitative estimate of drug-likeness (QED) is 0.640. The molecular formula is C13H19NO3. The van der Waals surface area contributed by atoms with Gasteiger partial charge in [-0.05, 0) is 38.1 Å². The Morgan fingerprint density at radius 1 is 1.41 bits per heavy atom. The summed E-state index contributed by atoms with van der Waals surface area (Å²) in [5, 5.41) is 22.6. The van der Waals surface area contributed by atoms with Crippen molar-refractivity contribution in [3.05, 3.63) is 34.9 Å². The van der Waals surface area contributed by atoms with Crippen LogP contribution in [0.5, 0.6) is 0 Å². The standard InChI is InChI=1S/C13H19NO3/c1-9-7-10(3-4-11(9)8-15)13(17)12(16)5-6-14-2/h3-4,7-8,12-14,16-17H,5-6H2,1-2H3. The number of aliphatic hydroxyl groups excluding tert-OH is 2. The van der Waals surface area contributed by atoms with Gasteiger partial charge in [0.2, 0.25) is 0 Å². The first-order chi connectivity index (χ1) is 8.10. The Kier molecular flexibility index (Phi) is 5.28. The SMILES string of the molecule is CNCCC(O)C(O)c1ccc(C=O)c(C)c1. The van der Waals surface area contributed by atoms with Gasteiger partial charge in [-0.3, -0.25) is 4.79 Å². The molecule has 2 unspecified atom stereocenters. The van der Waals surface area contributed by atoms with Gasteiger partial charge in [0.25, 0.3) is 0 Å². The summed E-state index contributed by atoms with van der Waals surface area (Å²) in [4.78, 5) is 10.7. The van der Waals surface area contributed by atoms with E-state index in [1.807, 2.05) is 0 Å². The van der Waals surface area contributed by atoms with Crippen molar-refractivity contribution in [2.75, 3.05) is 13.6 Å². The van der Waals surface area contributed by atoms with Gasteiger partial charge in [0.15, 0.2) is 0 Å². The van der Waals surface area contributed by atoms with Crippen LogP contribution in [-0.2, 0) is 0 Å². The lowest BCUT2D eigenvalue weighted by Crippen LogP contribution is -2.23. The molecule has 1 aromatic carbocycles. The molecule has 0 heterocycles. The fraction of sp³-hybridized carbons (Fsp3) is 0.462. The number of benzene rings is 1. The summed E-state index contributed by atoms with van der Waals surface area (Å²) in [6.45, 7) is 2.45. The second-order valence-electron chi connectivity index (χ2n) is 4.14. The first kappa shape index (κ1) is 13.8. The van der Waals surface area contributed by atoms with Crippen LogP contribution in [0, 0.1) is 6.92 Å². The molecule has 94 valence electrons. The normalized spacial score (nSPS) is 14.4. The molecule has 0 saturated heterocycles. The third-order valence-electron chi connectivity index (χ3n) is 2.82. The van der Waals surface area contributed by atoms with Crippen LogP contribution in [-0.4, -0.2) is 36.2 Å². The molecule has 0 aromatic heterocycles. The molecule has 0 fully saturated rings. The highest BCUT2D eigenvalue weighted by atomic mass is 16.3. The first-order valence-corrected chi connectivity index (χ1v) is 5.66. The van der Waals surface area contributed by atoms with E-state index in [2.05, 4.69) is 5.32 Å². The summed E-state index contributed by atoms with van der Waals surface area (Å²) in [6, 6.07) is 5.06. The van der Waals surface area contributed by atoms with E-state index in [9.17, 15) is 15.0 Å². The smallest absolute Gasteiger partial charge is 0.150 e. The molecule has 0 spiro atoms. The highest BCUT2D eigenvalue weighted by molar-refractivity contribution is 5.77. The van der Waals surface area contributed by atoms with E-state index in [4.69, 9.17) is 0 Å². The maximum Gasteiger partial charge on any atom is 0.150 e. The Bertz CT molecular complexity index is 379. The van der Waals surface area contributed by atoms with E-state index in [0.29, 0.717) is 24.1 Å². The molecule has 4 nitrogen and oxygen atoms in total. The fourth-order valence-corrected chi connectivity index (χ4v) is 1.69. The number of hydrogen-bond donors (Lipinski definition) is 3. The van der Waals surface area contributed by atoms with E-state index in [1.165, 1.54) is 0 Å². The van der Waals surface area contributed by atoms with Crippen LogP contribution < -0.4 is 5.32 Å². The van der Waals surface area contributed by atoms with E-state index in [0.717, 1.165) is 11.8 Å². The maximum absolute atomic E-state index is 10.7. The van der Waals surface area contributed by atoms with Gasteiger partial charge in [-0.2, -0.15) is 0 Å². The summed E-state index contributed by atoms with van der Waals surface area (Å²) in [5.41, 5.74) is 2.04. The van der Waals surface area contributed by atoms with Crippen molar-refractivity contribution in [3.63, 3.8) is 0 Å². The van der Waals surface area contributed by atoms with Crippen LogP contribution in [0.4, 0.5) is 0 Å². The van der Waals surface area contributed by atoms with Gasteiger partial charge in [-0.15, -0.1) is 0 Å². The van der Waals surface area contributed by atoms with Crippen molar-refractivity contribution < 1.29 is 15.0 Å². The second kappa shape index (κ2) is 6.49. The van der Waals surface area contributed by atoms with Gasteiger partial charge < -0.3 is 15.5 Å². The first-order valence-electron chi connectivity index (χ1n) is 5.66. The number of aliphatic hydroxyl groups is 2. The van der Waals surface area contributed by atoms with Crippen molar-refractivity contribution >= 4 is 6.29 Å². The van der Waals surface area contributed by atoms with E-state index in [-0.39, 0.29) is 0 Å². The zero-order valence-corrected chi connectivity index (χ0v) is 10.2. The predicted molar refractivity (Wildman–Crippen MR) is 66.1 cm³/mol. The van der Waals surface area contributed by atoms with Gasteiger partial charge >= 0.3 is 0 Å². The lowest BCUT2D eigenvalue weighted by Gasteiger charge is -2.18. The molecule has 17 heavy (non-hydrogen) atoms. The number of carbonyl (C=O) groups excluding carboxylic acids is 1. The highest BCUT2D eigenvalue weighted by Gasteiger charge is 2.18. The van der Waals surface area contributed by atoms with Gasteiger partial charge in [-0.25, -0.2) is 0 Å². The molecule has 0 radical (unpaired) electrons. The number of carbonyl (C=O) groups is 1. The van der Waals surface area contributed by atoms with Crippen molar-refractivity contribution in [2.24, 2.45) is 0 Å². The molecule has 2 atom stereocenters. The van der Waals surface area contributed by atoms with Crippen LogP contribution in [0.3, 0.4) is 0 Å². The molecule has 4 heteroatoms. The molecule has 0 aliphatic carbocycles. The van der Waals surface area contributed by atoms with Crippen molar-refractivity contribution in [1.29, 1.82) is 0 Å². The Hall–Kier alpha value is -1.23. The Labute approximate surface area is 101 Å². The van der Waals surface area contributed by atoms with Gasteiger partial charge in [-0.1, -0.05) is 18.2 Å². The van der Waals surface area contributed by atoms with Crippen LogP contribution in [0.15, 0.2) is 18.2 Å². The van der Waals surface area contributed by atoms with Gasteiger partial charge in [0, 0.05) is 5.56 Å². The molecule has 0 aliphatic heterocycles. The minimum Gasteiger partial charge on any atom is -0.390 e. The predicted octanol–water partition coefficient (Wildman–Crippen LogP) is 0.811. The van der Waals surface area contributed by atoms with Gasteiger partial charge in [0.1, 0.15) is 12.4 Å². The minimum absolute atomic E-state index is 0.478. The molecule has 1 aromatic rings. The molecule has 0 aliphatic rings. The number of nitrogens with one attached hydrogen (secondary N) is 1. The lowest BCUT2D eigenvalue weighted by molar-refractivity contribution is 0.0140. The fourth-order valence-electron chi connectivity index (χ4n) is 1.69. The molecule has 0 saturated carbocycles. The number of aldehydes is 1. The zero-order valence-electron chi connectivity index (χ0n) is 10.2. The molecule has 1 rings (SSSR count). The third kappa shape index (κ3) is 3.63.